The van der Waals surface area contributed by atoms with Crippen LogP contribution in [0.4, 0.5) is 0 Å². The summed E-state index contributed by atoms with van der Waals surface area (Å²) in [5, 5.41) is 1.21. The minimum Gasteiger partial charge on any atom is -0.462 e. The van der Waals surface area contributed by atoms with Crippen molar-refractivity contribution in [1.82, 2.24) is 0 Å². The topological polar surface area (TPSA) is 26.3 Å². The number of carbonyl (C=O) groups is 1. The number of thiophene rings is 1. The van der Waals surface area contributed by atoms with E-state index in [2.05, 4.69) is 16.9 Å². The summed E-state index contributed by atoms with van der Waals surface area (Å²) in [5.74, 6) is 0. The van der Waals surface area contributed by atoms with E-state index in [1.807, 2.05) is 18.2 Å². The predicted octanol–water partition coefficient (Wildman–Crippen LogP) is 2.57. The molecule has 13 heavy (non-hydrogen) atoms. The average Bonchev–Trinajstić information content (AvgIpc) is 2.57. The van der Waals surface area contributed by atoms with Crippen molar-refractivity contribution < 1.29 is 9.53 Å². The number of hydrogen-bond acceptors (Lipinski definition) is 3. The molecule has 2 nitrogen and oxygen atoms in total. The van der Waals surface area contributed by atoms with Crippen molar-refractivity contribution in [1.29, 1.82) is 0 Å². The molecule has 0 unspecified atom stereocenters. The van der Waals surface area contributed by atoms with Crippen LogP contribution in [0.2, 0.25) is 0 Å². The first-order valence-corrected chi connectivity index (χ1v) is 4.74. The number of benzene rings is 1. The summed E-state index contributed by atoms with van der Waals surface area (Å²) in [4.78, 5) is 11.1. The zero-order valence-corrected chi connectivity index (χ0v) is 7.71. The number of fused-ring (bicyclic) bond motifs is 1. The molecule has 0 saturated heterocycles. The second kappa shape index (κ2) is 3.58. The highest BCUT2D eigenvalue weighted by Gasteiger charge is 1.99. The van der Waals surface area contributed by atoms with Crippen molar-refractivity contribution in [2.24, 2.45) is 0 Å². The van der Waals surface area contributed by atoms with Crippen molar-refractivity contribution in [3.8, 4) is 0 Å². The Balaban J connectivity index is 2.32. The molecule has 1 heterocycles. The van der Waals surface area contributed by atoms with Crippen molar-refractivity contribution in [2.45, 2.75) is 6.61 Å². The molecular weight excluding hydrogens is 184 g/mol. The molecule has 66 valence electrons. The van der Waals surface area contributed by atoms with Gasteiger partial charge in [-0.15, -0.1) is 11.3 Å². The van der Waals surface area contributed by atoms with E-state index >= 15 is 0 Å². The molecule has 3 heteroatoms. The molecule has 1 aromatic carbocycles. The Morgan fingerprint density at radius 3 is 3.00 bits per heavy atom. The number of hydrogen-bond donors (Lipinski definition) is 0. The predicted molar refractivity (Wildman–Crippen MR) is 52.7 cm³/mol. The highest BCUT2D eigenvalue weighted by Crippen LogP contribution is 2.25. The molecule has 0 spiro atoms. The van der Waals surface area contributed by atoms with Gasteiger partial charge in [-0.2, -0.15) is 0 Å². The van der Waals surface area contributed by atoms with Gasteiger partial charge >= 0.3 is 0 Å². The van der Waals surface area contributed by atoms with Gasteiger partial charge in [0.1, 0.15) is 6.61 Å². The quantitative estimate of drug-likeness (QED) is 0.698. The monoisotopic (exact) mass is 192 g/mol. The average molecular weight is 192 g/mol. The van der Waals surface area contributed by atoms with E-state index in [1.54, 1.807) is 11.3 Å². The summed E-state index contributed by atoms with van der Waals surface area (Å²) in [7, 11) is 0. The van der Waals surface area contributed by atoms with E-state index in [-0.39, 0.29) is 0 Å². The van der Waals surface area contributed by atoms with Crippen LogP contribution < -0.4 is 0 Å². The van der Waals surface area contributed by atoms with Crippen molar-refractivity contribution in [2.75, 3.05) is 0 Å². The molecule has 0 amide bonds. The summed E-state index contributed by atoms with van der Waals surface area (Å²) in [6, 6.07) is 10.2. The fraction of sp³-hybridized carbons (Fsp3) is 0.100. The molecule has 0 atom stereocenters. The lowest BCUT2D eigenvalue weighted by Gasteiger charge is -1.90. The van der Waals surface area contributed by atoms with Gasteiger partial charge in [0.2, 0.25) is 0 Å². The van der Waals surface area contributed by atoms with Crippen LogP contribution in [-0.2, 0) is 16.1 Å². The van der Waals surface area contributed by atoms with Crippen LogP contribution in [0.1, 0.15) is 4.88 Å². The first-order valence-electron chi connectivity index (χ1n) is 3.93. The van der Waals surface area contributed by atoms with E-state index in [1.165, 1.54) is 10.1 Å². The third kappa shape index (κ3) is 1.70. The molecule has 0 aliphatic rings. The molecule has 0 fully saturated rings. The first-order chi connectivity index (χ1) is 6.40. The summed E-state index contributed by atoms with van der Waals surface area (Å²) < 4.78 is 5.91. The molecule has 0 aliphatic carbocycles. The maximum Gasteiger partial charge on any atom is 0.293 e. The molecule has 2 rings (SSSR count). The Hall–Kier alpha value is -1.35. The van der Waals surface area contributed by atoms with Crippen LogP contribution in [0.5, 0.6) is 0 Å². The minimum atomic E-state index is 0.378. The molecule has 0 N–H and O–H groups in total. The zero-order chi connectivity index (χ0) is 9.10. The molecule has 0 bridgehead atoms. The number of carbonyl (C=O) groups excluding carboxylic acids is 1. The van der Waals surface area contributed by atoms with E-state index in [4.69, 9.17) is 0 Å². The third-order valence-corrected chi connectivity index (χ3v) is 2.86. The lowest BCUT2D eigenvalue weighted by molar-refractivity contribution is -0.129. The highest BCUT2D eigenvalue weighted by molar-refractivity contribution is 7.19. The van der Waals surface area contributed by atoms with Crippen molar-refractivity contribution in [3.05, 3.63) is 35.2 Å². The third-order valence-electron chi connectivity index (χ3n) is 1.77. The number of rotatable bonds is 3. The van der Waals surface area contributed by atoms with Gasteiger partial charge in [0.25, 0.3) is 6.47 Å². The molecular formula is C10H8O2S. The van der Waals surface area contributed by atoms with Crippen LogP contribution in [0.3, 0.4) is 0 Å². The number of ether oxygens (including phenoxy) is 1. The minimum absolute atomic E-state index is 0.378. The van der Waals surface area contributed by atoms with E-state index in [0.29, 0.717) is 13.1 Å². The van der Waals surface area contributed by atoms with Gasteiger partial charge in [-0.25, -0.2) is 0 Å². The first kappa shape index (κ1) is 8.26. The SMILES string of the molecule is O=COCc1cc2ccccc2s1. The summed E-state index contributed by atoms with van der Waals surface area (Å²) in [5.41, 5.74) is 0. The fourth-order valence-electron chi connectivity index (χ4n) is 1.22. The second-order valence-corrected chi connectivity index (χ2v) is 3.83. The van der Waals surface area contributed by atoms with Gasteiger partial charge in [0.15, 0.2) is 0 Å². The molecule has 2 aromatic rings. The van der Waals surface area contributed by atoms with Crippen LogP contribution in [-0.4, -0.2) is 6.47 Å². The summed E-state index contributed by atoms with van der Waals surface area (Å²) in [6.45, 7) is 0.854. The lowest BCUT2D eigenvalue weighted by Crippen LogP contribution is -1.84. The molecule has 0 aliphatic heterocycles. The molecule has 0 radical (unpaired) electrons. The largest absolute Gasteiger partial charge is 0.462 e. The highest BCUT2D eigenvalue weighted by atomic mass is 32.1. The standard InChI is InChI=1S/C10H8O2S/c11-7-12-6-9-5-8-3-1-2-4-10(8)13-9/h1-5,7H,6H2. The maximum absolute atomic E-state index is 9.98. The smallest absolute Gasteiger partial charge is 0.293 e. The fourth-order valence-corrected chi connectivity index (χ4v) is 2.21. The van der Waals surface area contributed by atoms with Gasteiger partial charge < -0.3 is 4.74 Å². The van der Waals surface area contributed by atoms with Gasteiger partial charge in [0, 0.05) is 9.58 Å². The van der Waals surface area contributed by atoms with Gasteiger partial charge in [-0.1, -0.05) is 18.2 Å². The van der Waals surface area contributed by atoms with Crippen LogP contribution in [0.15, 0.2) is 30.3 Å². The Bertz CT molecular complexity index is 387. The summed E-state index contributed by atoms with van der Waals surface area (Å²) in [6.07, 6.45) is 0. The van der Waals surface area contributed by atoms with E-state index in [9.17, 15) is 4.79 Å². The van der Waals surface area contributed by atoms with Crippen LogP contribution in [0, 0.1) is 0 Å². The lowest BCUT2D eigenvalue weighted by atomic mass is 10.2. The molecule has 0 saturated carbocycles. The maximum atomic E-state index is 9.98. The van der Waals surface area contributed by atoms with Gasteiger partial charge in [0.05, 0.1) is 0 Å². The summed E-state index contributed by atoms with van der Waals surface area (Å²) >= 11 is 1.65. The van der Waals surface area contributed by atoms with Gasteiger partial charge in [-0.3, -0.25) is 4.79 Å². The zero-order valence-electron chi connectivity index (χ0n) is 6.90. The van der Waals surface area contributed by atoms with E-state index in [0.717, 1.165) is 4.88 Å². The Labute approximate surface area is 79.8 Å². The molecule has 1 aromatic heterocycles. The Morgan fingerprint density at radius 2 is 2.23 bits per heavy atom. The Morgan fingerprint density at radius 1 is 1.38 bits per heavy atom. The van der Waals surface area contributed by atoms with Gasteiger partial charge in [-0.05, 0) is 17.5 Å². The van der Waals surface area contributed by atoms with Crippen LogP contribution >= 0.6 is 11.3 Å². The van der Waals surface area contributed by atoms with Crippen molar-refractivity contribution in [3.63, 3.8) is 0 Å². The second-order valence-electron chi connectivity index (χ2n) is 2.66. The Kier molecular flexibility index (Phi) is 2.27. The van der Waals surface area contributed by atoms with Crippen LogP contribution in [0.25, 0.3) is 10.1 Å². The van der Waals surface area contributed by atoms with Crippen molar-refractivity contribution >= 4 is 27.9 Å². The normalized spacial score (nSPS) is 10.2. The van der Waals surface area contributed by atoms with E-state index < -0.39 is 0 Å².